The minimum atomic E-state index is -1.06. The second-order valence-corrected chi connectivity index (χ2v) is 4.97. The van der Waals surface area contributed by atoms with Crippen LogP contribution in [-0.4, -0.2) is 20.1 Å². The van der Waals surface area contributed by atoms with Crippen LogP contribution in [-0.2, 0) is 18.6 Å². The molecule has 1 aromatic heterocycles. The molecule has 1 unspecified atom stereocenters. The number of aromatic nitrogens is 3. The fourth-order valence-electron chi connectivity index (χ4n) is 2.22. The van der Waals surface area contributed by atoms with E-state index in [1.54, 1.807) is 17.8 Å². The molecule has 0 bridgehead atoms. The summed E-state index contributed by atoms with van der Waals surface area (Å²) in [5, 5.41) is 18.8. The van der Waals surface area contributed by atoms with Crippen molar-refractivity contribution in [2.24, 2.45) is 0 Å². The molecule has 4 heteroatoms. The SMILES string of the molecule is CCCn1nncc1C(C)(O)c1ccc(CC)cc1. The van der Waals surface area contributed by atoms with E-state index in [9.17, 15) is 5.11 Å². The average Bonchev–Trinajstić information content (AvgIpc) is 2.88. The normalized spacial score (nSPS) is 14.3. The first-order valence-corrected chi connectivity index (χ1v) is 6.80. The molecule has 102 valence electrons. The zero-order valence-corrected chi connectivity index (χ0v) is 11.8. The van der Waals surface area contributed by atoms with E-state index in [-0.39, 0.29) is 0 Å². The molecule has 2 aromatic rings. The number of hydrogen-bond donors (Lipinski definition) is 1. The zero-order chi connectivity index (χ0) is 13.9. The molecule has 4 nitrogen and oxygen atoms in total. The third-order valence-electron chi connectivity index (χ3n) is 3.48. The van der Waals surface area contributed by atoms with Gasteiger partial charge in [-0.15, -0.1) is 5.10 Å². The lowest BCUT2D eigenvalue weighted by Crippen LogP contribution is -2.27. The van der Waals surface area contributed by atoms with Crippen LogP contribution >= 0.6 is 0 Å². The van der Waals surface area contributed by atoms with Gasteiger partial charge in [-0.1, -0.05) is 43.3 Å². The van der Waals surface area contributed by atoms with Crippen molar-refractivity contribution < 1.29 is 5.11 Å². The smallest absolute Gasteiger partial charge is 0.130 e. The van der Waals surface area contributed by atoms with Crippen LogP contribution in [0.25, 0.3) is 0 Å². The van der Waals surface area contributed by atoms with E-state index in [2.05, 4.69) is 36.3 Å². The van der Waals surface area contributed by atoms with Gasteiger partial charge in [0.2, 0.25) is 0 Å². The molecule has 0 spiro atoms. The van der Waals surface area contributed by atoms with Crippen molar-refractivity contribution in [1.82, 2.24) is 15.0 Å². The molecule has 0 aliphatic heterocycles. The fraction of sp³-hybridized carbons (Fsp3) is 0.467. The Morgan fingerprint density at radius 1 is 1.21 bits per heavy atom. The van der Waals surface area contributed by atoms with Crippen molar-refractivity contribution in [3.63, 3.8) is 0 Å². The highest BCUT2D eigenvalue weighted by atomic mass is 16.3. The maximum absolute atomic E-state index is 10.8. The van der Waals surface area contributed by atoms with E-state index < -0.39 is 5.60 Å². The average molecular weight is 259 g/mol. The van der Waals surface area contributed by atoms with Gasteiger partial charge < -0.3 is 5.11 Å². The maximum Gasteiger partial charge on any atom is 0.130 e. The zero-order valence-electron chi connectivity index (χ0n) is 11.8. The topological polar surface area (TPSA) is 50.9 Å². The minimum Gasteiger partial charge on any atom is -0.379 e. The molecule has 0 saturated heterocycles. The first kappa shape index (κ1) is 13.7. The summed E-state index contributed by atoms with van der Waals surface area (Å²) in [6.45, 7) is 6.75. The van der Waals surface area contributed by atoms with Gasteiger partial charge in [0.15, 0.2) is 0 Å². The molecular formula is C15H21N3O. The Morgan fingerprint density at radius 2 is 1.89 bits per heavy atom. The summed E-state index contributed by atoms with van der Waals surface area (Å²) in [4.78, 5) is 0. The highest BCUT2D eigenvalue weighted by molar-refractivity contribution is 5.32. The molecular weight excluding hydrogens is 238 g/mol. The Morgan fingerprint density at radius 3 is 2.47 bits per heavy atom. The molecule has 0 aliphatic carbocycles. The number of aliphatic hydroxyl groups is 1. The van der Waals surface area contributed by atoms with Gasteiger partial charge in [0.25, 0.3) is 0 Å². The van der Waals surface area contributed by atoms with Crippen LogP contribution in [0.4, 0.5) is 0 Å². The van der Waals surface area contributed by atoms with Gasteiger partial charge in [-0.25, -0.2) is 4.68 Å². The lowest BCUT2D eigenvalue weighted by Gasteiger charge is -2.24. The van der Waals surface area contributed by atoms with Gasteiger partial charge in [-0.05, 0) is 30.9 Å². The van der Waals surface area contributed by atoms with Crippen LogP contribution in [0.5, 0.6) is 0 Å². The molecule has 1 atom stereocenters. The second kappa shape index (κ2) is 5.53. The highest BCUT2D eigenvalue weighted by Crippen LogP contribution is 2.28. The summed E-state index contributed by atoms with van der Waals surface area (Å²) in [5.74, 6) is 0. The summed E-state index contributed by atoms with van der Waals surface area (Å²) in [5.41, 5.74) is 1.80. The Balaban J connectivity index is 2.36. The van der Waals surface area contributed by atoms with Crippen molar-refractivity contribution in [2.45, 2.75) is 45.8 Å². The third kappa shape index (κ3) is 2.68. The largest absolute Gasteiger partial charge is 0.379 e. The first-order chi connectivity index (χ1) is 9.09. The Kier molecular flexibility index (Phi) is 4.00. The molecule has 1 aromatic carbocycles. The number of benzene rings is 1. The van der Waals surface area contributed by atoms with E-state index in [0.29, 0.717) is 0 Å². The number of rotatable bonds is 5. The molecule has 1 N–H and O–H groups in total. The Bertz CT molecular complexity index is 529. The van der Waals surface area contributed by atoms with Gasteiger partial charge in [-0.2, -0.15) is 0 Å². The molecule has 19 heavy (non-hydrogen) atoms. The summed E-state index contributed by atoms with van der Waals surface area (Å²) in [6.07, 6.45) is 3.60. The van der Waals surface area contributed by atoms with Gasteiger partial charge in [0, 0.05) is 6.54 Å². The van der Waals surface area contributed by atoms with Crippen molar-refractivity contribution in [1.29, 1.82) is 0 Å². The van der Waals surface area contributed by atoms with Gasteiger partial charge >= 0.3 is 0 Å². The standard InChI is InChI=1S/C15H21N3O/c1-4-10-18-14(11-16-17-18)15(3,19)13-8-6-12(5-2)7-9-13/h6-9,11,19H,4-5,10H2,1-3H3. The minimum absolute atomic E-state index is 0.735. The predicted octanol–water partition coefficient (Wildman–Crippen LogP) is 2.51. The first-order valence-electron chi connectivity index (χ1n) is 6.80. The monoisotopic (exact) mass is 259 g/mol. The molecule has 0 radical (unpaired) electrons. The summed E-state index contributed by atoms with van der Waals surface area (Å²) in [7, 11) is 0. The van der Waals surface area contributed by atoms with Crippen molar-refractivity contribution in [3.05, 3.63) is 47.3 Å². The van der Waals surface area contributed by atoms with E-state index in [0.717, 1.165) is 30.6 Å². The molecule has 1 heterocycles. The number of nitrogens with zero attached hydrogens (tertiary/aromatic N) is 3. The lowest BCUT2D eigenvalue weighted by atomic mass is 9.92. The molecule has 0 saturated carbocycles. The molecule has 0 aliphatic rings. The van der Waals surface area contributed by atoms with Gasteiger partial charge in [0.1, 0.15) is 5.60 Å². The Labute approximate surface area is 114 Å². The number of aryl methyl sites for hydroxylation is 2. The van der Waals surface area contributed by atoms with Crippen LogP contribution in [0.15, 0.2) is 30.5 Å². The Hall–Kier alpha value is -1.68. The molecule has 2 rings (SSSR count). The highest BCUT2D eigenvalue weighted by Gasteiger charge is 2.29. The quantitative estimate of drug-likeness (QED) is 0.897. The van der Waals surface area contributed by atoms with E-state index in [4.69, 9.17) is 0 Å². The summed E-state index contributed by atoms with van der Waals surface area (Å²) < 4.78 is 1.77. The maximum atomic E-state index is 10.8. The summed E-state index contributed by atoms with van der Waals surface area (Å²) >= 11 is 0. The predicted molar refractivity (Wildman–Crippen MR) is 74.8 cm³/mol. The van der Waals surface area contributed by atoms with Crippen molar-refractivity contribution in [3.8, 4) is 0 Å². The molecule has 0 amide bonds. The van der Waals surface area contributed by atoms with E-state index >= 15 is 0 Å². The fourth-order valence-corrected chi connectivity index (χ4v) is 2.22. The van der Waals surface area contributed by atoms with Crippen LogP contribution < -0.4 is 0 Å². The number of hydrogen-bond acceptors (Lipinski definition) is 3. The second-order valence-electron chi connectivity index (χ2n) is 4.97. The van der Waals surface area contributed by atoms with Gasteiger partial charge in [-0.3, -0.25) is 0 Å². The van der Waals surface area contributed by atoms with Crippen LogP contribution in [0.1, 0.15) is 44.0 Å². The summed E-state index contributed by atoms with van der Waals surface area (Å²) in [6, 6.07) is 8.06. The van der Waals surface area contributed by atoms with Crippen LogP contribution in [0, 0.1) is 0 Å². The van der Waals surface area contributed by atoms with Crippen molar-refractivity contribution >= 4 is 0 Å². The van der Waals surface area contributed by atoms with E-state index in [1.165, 1.54) is 5.56 Å². The lowest BCUT2D eigenvalue weighted by molar-refractivity contribution is 0.0914. The van der Waals surface area contributed by atoms with Crippen LogP contribution in [0.2, 0.25) is 0 Å². The van der Waals surface area contributed by atoms with Gasteiger partial charge in [0.05, 0.1) is 11.9 Å². The van der Waals surface area contributed by atoms with Crippen LogP contribution in [0.3, 0.4) is 0 Å². The van der Waals surface area contributed by atoms with Crippen molar-refractivity contribution in [2.75, 3.05) is 0 Å². The molecule has 0 fully saturated rings. The third-order valence-corrected chi connectivity index (χ3v) is 3.48. The van der Waals surface area contributed by atoms with E-state index in [1.807, 2.05) is 12.1 Å².